The zero-order chi connectivity index (χ0) is 73.9. The number of nitrogens with zero attached hydrogens (tertiary/aromatic N) is 8. The van der Waals surface area contributed by atoms with Crippen molar-refractivity contribution in [2.75, 3.05) is 103 Å². The van der Waals surface area contributed by atoms with Crippen molar-refractivity contribution in [1.82, 2.24) is 17.7 Å². The van der Waals surface area contributed by atoms with E-state index in [1.807, 2.05) is 67.5 Å². The van der Waals surface area contributed by atoms with Crippen molar-refractivity contribution in [1.29, 1.82) is 0 Å². The molecule has 29 heteroatoms. The van der Waals surface area contributed by atoms with E-state index in [0.29, 0.717) is 92.0 Å². The number of benzene rings is 6. The lowest BCUT2D eigenvalue weighted by atomic mass is 9.82. The molecule has 103 heavy (non-hydrogen) atoms. The largest absolute Gasteiger partial charge is 0.508 e. The molecule has 12 rings (SSSR count). The van der Waals surface area contributed by atoms with Gasteiger partial charge in [0.15, 0.2) is 0 Å². The predicted octanol–water partition coefficient (Wildman–Crippen LogP) is 11.1. The third-order valence-electron chi connectivity index (χ3n) is 19.6. The van der Waals surface area contributed by atoms with E-state index in [0.717, 1.165) is 94.1 Å². The van der Waals surface area contributed by atoms with Crippen LogP contribution in [0.15, 0.2) is 121 Å². The molecule has 0 spiro atoms. The number of anilines is 2. The van der Waals surface area contributed by atoms with Gasteiger partial charge in [0, 0.05) is 110 Å². The van der Waals surface area contributed by atoms with E-state index < -0.39 is 47.8 Å². The number of ether oxygens (including phenoxy) is 5. The Bertz CT molecular complexity index is 4670. The predicted molar refractivity (Wildman–Crippen MR) is 388 cm³/mol. The molecule has 2 aliphatic heterocycles. The second kappa shape index (κ2) is 33.5. The van der Waals surface area contributed by atoms with Crippen LogP contribution in [0.4, 0.5) is 22.7 Å². The minimum atomic E-state index is -3.31. The van der Waals surface area contributed by atoms with Crippen LogP contribution in [-0.2, 0) is 74.9 Å². The summed E-state index contributed by atoms with van der Waals surface area (Å²) in [6.45, 7) is 2.93. The van der Waals surface area contributed by atoms with Crippen LogP contribution in [0, 0.1) is 20.2 Å². The highest BCUT2D eigenvalue weighted by Crippen LogP contribution is 2.47. The third kappa shape index (κ3) is 17.8. The number of carbonyl (C=O) groups is 4. The summed E-state index contributed by atoms with van der Waals surface area (Å²) in [5.41, 5.74) is 10.7. The number of carbonyl (C=O) groups excluding carboxylic acids is 4. The van der Waals surface area contributed by atoms with Gasteiger partial charge in [-0.1, -0.05) is 50.7 Å². The van der Waals surface area contributed by atoms with Gasteiger partial charge in [-0.3, -0.25) is 29.8 Å². The summed E-state index contributed by atoms with van der Waals surface area (Å²) in [5, 5.41) is 43.6. The first-order valence-corrected chi connectivity index (χ1v) is 37.7. The Morgan fingerprint density at radius 1 is 0.495 bits per heavy atom. The lowest BCUT2D eigenvalue weighted by Crippen LogP contribution is -2.48. The molecule has 0 unspecified atom stereocenters. The number of hydrogen-bond donors (Lipinski definition) is 2. The number of piperazine rings is 2. The van der Waals surface area contributed by atoms with Gasteiger partial charge in [-0.15, -0.1) is 0 Å². The molecule has 2 aliphatic carbocycles. The Morgan fingerprint density at radius 3 is 1.25 bits per heavy atom. The number of phenolic OH excluding ortho intramolecular Hbond substituents is 1. The quantitative estimate of drug-likeness (QED) is 0.0310. The number of phenols is 1. The number of esters is 4. The average molecular weight is 1460 g/mol. The Hall–Kier alpha value is -9.94. The molecule has 2 saturated carbocycles. The van der Waals surface area contributed by atoms with E-state index in [2.05, 4.69) is 0 Å². The first-order valence-electron chi connectivity index (χ1n) is 34.0. The lowest BCUT2D eigenvalue weighted by molar-refractivity contribution is -0.385. The van der Waals surface area contributed by atoms with Gasteiger partial charge in [-0.25, -0.2) is 26.4 Å². The number of nitro benzene ring substituents is 2. The van der Waals surface area contributed by atoms with Crippen LogP contribution in [0.5, 0.6) is 11.5 Å². The molecule has 4 fully saturated rings. The number of fused-ring (bicyclic) bond motifs is 2. The summed E-state index contributed by atoms with van der Waals surface area (Å²) in [6, 6.07) is 34.5. The van der Waals surface area contributed by atoms with E-state index in [4.69, 9.17) is 23.7 Å². The van der Waals surface area contributed by atoms with Crippen molar-refractivity contribution in [2.24, 2.45) is 0 Å². The maximum Gasteiger partial charge on any atom is 0.337 e. The Morgan fingerprint density at radius 2 is 0.883 bits per heavy atom. The molecule has 4 heterocycles. The van der Waals surface area contributed by atoms with Gasteiger partial charge in [0.05, 0.1) is 91.0 Å². The van der Waals surface area contributed by atoms with Crippen LogP contribution >= 0.6 is 0 Å². The smallest absolute Gasteiger partial charge is 0.337 e. The Balaban J connectivity index is 0.000000185. The molecule has 27 nitrogen and oxygen atoms in total. The molecule has 6 aromatic carbocycles. The molecule has 0 atom stereocenters. The second-order valence-electron chi connectivity index (χ2n) is 25.9. The third-order valence-corrected chi connectivity index (χ3v) is 22.2. The summed E-state index contributed by atoms with van der Waals surface area (Å²) in [6.07, 6.45) is 13.5. The van der Waals surface area contributed by atoms with Crippen LogP contribution in [0.1, 0.15) is 119 Å². The number of aromatic nitrogens is 2. The van der Waals surface area contributed by atoms with Crippen LogP contribution in [-0.4, -0.2) is 172 Å². The molecule has 4 aliphatic rings. The standard InChI is InChI=1S/C37H42N4O9S.C25H27NO5.C12H17N3O5S/c1-48-34(42)23-40-33-22-27(37(43)49-2)11-15-31(33)35(25-7-5-4-6-8-25)36(40)26-9-13-30(14-10-26)50-24-28-21-29(41(44)45)12-16-32(28)38-17-19-39(20-18-38)51(3,46)47;1-30-22(28)15-26-21-14-18(25(29)31-2)10-13-20(21)23(16-6-4-3-5-7-16)24(26)17-8-11-19(27)12-9-17;1-21(19,20)14-6-4-13(5-7-14)12-3-2-11(15(17)18)8-10(12)9-16/h9-16,21-22,25H,4-8,17-20,23-24H2,1-3H3;8-14,16,27H,3-7,15H2,1-2H3;2-3,8,16H,4-7,9H2,1H3. The molecule has 8 aromatic rings. The molecule has 0 radical (unpaired) electrons. The number of hydrogen-bond acceptors (Lipinski definition) is 21. The van der Waals surface area contributed by atoms with E-state index in [1.54, 1.807) is 48.5 Å². The molecule has 2 aromatic heterocycles. The molecule has 2 N–H and O–H groups in total. The van der Waals surface area contributed by atoms with Gasteiger partial charge in [0.25, 0.3) is 11.4 Å². The molecular formula is C74H86N8O19S2. The maximum absolute atomic E-state index is 12.8. The van der Waals surface area contributed by atoms with Crippen LogP contribution in [0.2, 0.25) is 0 Å². The number of non-ortho nitro benzene ring substituents is 2. The number of rotatable bonds is 20. The van der Waals surface area contributed by atoms with Gasteiger partial charge >= 0.3 is 23.9 Å². The monoisotopic (exact) mass is 1450 g/mol. The van der Waals surface area contributed by atoms with Gasteiger partial charge in [0.1, 0.15) is 31.2 Å². The molecule has 0 bridgehead atoms. The molecule has 0 amide bonds. The summed E-state index contributed by atoms with van der Waals surface area (Å²) in [5.74, 6) is -0.309. The maximum atomic E-state index is 12.8. The van der Waals surface area contributed by atoms with Crippen molar-refractivity contribution in [2.45, 2.75) is 102 Å². The number of methoxy groups -OCH3 is 4. The lowest BCUT2D eigenvalue weighted by Gasteiger charge is -2.35. The highest BCUT2D eigenvalue weighted by Gasteiger charge is 2.32. The van der Waals surface area contributed by atoms with E-state index >= 15 is 0 Å². The fraction of sp³-hybridized carbons (Fsp3) is 0.405. The van der Waals surface area contributed by atoms with Crippen molar-refractivity contribution < 1.29 is 79.8 Å². The van der Waals surface area contributed by atoms with Crippen molar-refractivity contribution in [3.05, 3.63) is 175 Å². The van der Waals surface area contributed by atoms with E-state index in [-0.39, 0.29) is 55.3 Å². The fourth-order valence-corrected chi connectivity index (χ4v) is 16.1. The SMILES string of the molecule is COC(=O)Cn1c(-c2ccc(O)cc2)c(C2CCCCC2)c2ccc(C(=O)OC)cc21.COC(=O)Cn1c(-c2ccc(OCc3cc([N+](=O)[O-])ccc3N3CCN(S(C)(=O)=O)CC3)cc2)c(C2CCCCC2)c2ccc(C(=O)OC)cc21.CS(=O)(=O)N1CCN(c2ccc([N+](=O)[O-])cc2CO)CC1. The molecule has 2 saturated heterocycles. The second-order valence-corrected chi connectivity index (χ2v) is 29.9. The van der Waals surface area contributed by atoms with Gasteiger partial charge in [-0.05, 0) is 145 Å². The zero-order valence-corrected chi connectivity index (χ0v) is 60.1. The summed E-state index contributed by atoms with van der Waals surface area (Å²) >= 11 is 0. The molecule has 548 valence electrons. The van der Waals surface area contributed by atoms with E-state index in [9.17, 15) is 66.5 Å². The number of sulfonamides is 2. The van der Waals surface area contributed by atoms with Crippen LogP contribution < -0.4 is 14.5 Å². The number of nitro groups is 2. The summed E-state index contributed by atoms with van der Waals surface area (Å²) in [4.78, 5) is 75.2. The minimum absolute atomic E-state index is 0.0283. The van der Waals surface area contributed by atoms with Crippen molar-refractivity contribution in [3.63, 3.8) is 0 Å². The first kappa shape index (κ1) is 75.7. The summed E-state index contributed by atoms with van der Waals surface area (Å²) < 4.78 is 79.9. The molecular weight excluding hydrogens is 1370 g/mol. The highest BCUT2D eigenvalue weighted by molar-refractivity contribution is 7.88. The van der Waals surface area contributed by atoms with Gasteiger partial charge < -0.3 is 52.8 Å². The highest BCUT2D eigenvalue weighted by atomic mass is 32.2. The van der Waals surface area contributed by atoms with Crippen LogP contribution in [0.3, 0.4) is 0 Å². The number of aliphatic hydroxyl groups is 1. The topological polar surface area (TPSA) is 332 Å². The minimum Gasteiger partial charge on any atom is -0.508 e. The Labute approximate surface area is 597 Å². The van der Waals surface area contributed by atoms with Gasteiger partial charge in [0.2, 0.25) is 20.0 Å². The normalized spacial score (nSPS) is 15.7. The number of aromatic hydroxyl groups is 1. The zero-order valence-electron chi connectivity index (χ0n) is 58.5. The van der Waals surface area contributed by atoms with Gasteiger partial charge in [-0.2, -0.15) is 8.61 Å². The first-order chi connectivity index (χ1) is 49.3. The van der Waals surface area contributed by atoms with Crippen molar-refractivity contribution in [3.8, 4) is 34.0 Å². The van der Waals surface area contributed by atoms with Crippen molar-refractivity contribution >= 4 is 88.5 Å². The average Bonchev–Trinajstić information content (AvgIpc) is 1.59. The number of aliphatic hydroxyl groups excluding tert-OH is 1. The fourth-order valence-electron chi connectivity index (χ4n) is 14.4. The van der Waals surface area contributed by atoms with E-state index in [1.165, 1.54) is 105 Å². The summed E-state index contributed by atoms with van der Waals surface area (Å²) in [7, 11) is -1.09. The Kier molecular flexibility index (Phi) is 24.6. The van der Waals surface area contributed by atoms with Crippen LogP contribution in [0.25, 0.3) is 44.3 Å².